The summed E-state index contributed by atoms with van der Waals surface area (Å²) in [5, 5.41) is 11.1. The molecule has 110 valence electrons. The second-order valence-electron chi connectivity index (χ2n) is 8.72. The molecular weight excluding hydrogens is 234 g/mol. The van der Waals surface area contributed by atoms with E-state index in [4.69, 9.17) is 5.73 Å². The molecule has 0 spiro atoms. The minimum absolute atomic E-state index is 0.178. The van der Waals surface area contributed by atoms with E-state index in [2.05, 4.69) is 20.8 Å². The first kappa shape index (κ1) is 13.9. The Labute approximate surface area is 118 Å². The smallest absolute Gasteiger partial charge is 0.0639 e. The Hall–Kier alpha value is -0.0800. The lowest BCUT2D eigenvalue weighted by Crippen LogP contribution is -2.58. The second-order valence-corrected chi connectivity index (χ2v) is 8.72. The largest absolute Gasteiger partial charge is 0.392 e. The predicted octanol–water partition coefficient (Wildman–Crippen LogP) is 3.18. The van der Waals surface area contributed by atoms with Gasteiger partial charge in [0.25, 0.3) is 0 Å². The first-order chi connectivity index (χ1) is 8.87. The van der Waals surface area contributed by atoms with E-state index >= 15 is 0 Å². The van der Waals surface area contributed by atoms with Crippen molar-refractivity contribution in [2.75, 3.05) is 6.54 Å². The van der Waals surface area contributed by atoms with Crippen molar-refractivity contribution in [3.8, 4) is 0 Å². The third kappa shape index (κ3) is 2.15. The first-order valence-corrected chi connectivity index (χ1v) is 8.26. The molecule has 0 aromatic carbocycles. The van der Waals surface area contributed by atoms with Gasteiger partial charge in [-0.05, 0) is 79.6 Å². The van der Waals surface area contributed by atoms with Crippen molar-refractivity contribution in [2.45, 2.75) is 65.4 Å². The summed E-state index contributed by atoms with van der Waals surface area (Å²) in [6.45, 7) is 7.53. The van der Waals surface area contributed by atoms with Gasteiger partial charge in [0.1, 0.15) is 0 Å². The van der Waals surface area contributed by atoms with Crippen LogP contribution in [0.15, 0.2) is 0 Å². The highest BCUT2D eigenvalue weighted by molar-refractivity contribution is 5.09. The maximum atomic E-state index is 11.1. The highest BCUT2D eigenvalue weighted by atomic mass is 16.3. The summed E-state index contributed by atoms with van der Waals surface area (Å²) in [5.74, 6) is 2.53. The quantitative estimate of drug-likeness (QED) is 0.820. The SMILES string of the molecule is CC(C)C(CN)C(O)C12CC3CC(CC(C)(C3)C1)C2. The van der Waals surface area contributed by atoms with Gasteiger partial charge in [-0.1, -0.05) is 20.8 Å². The maximum Gasteiger partial charge on any atom is 0.0639 e. The Bertz CT molecular complexity index is 337. The summed E-state index contributed by atoms with van der Waals surface area (Å²) in [6, 6.07) is 0. The van der Waals surface area contributed by atoms with Gasteiger partial charge in [-0.3, -0.25) is 0 Å². The van der Waals surface area contributed by atoms with Crippen molar-refractivity contribution in [3.63, 3.8) is 0 Å². The summed E-state index contributed by atoms with van der Waals surface area (Å²) in [5.41, 5.74) is 6.68. The second kappa shape index (κ2) is 4.46. The molecule has 4 aliphatic carbocycles. The monoisotopic (exact) mass is 265 g/mol. The molecule has 0 heterocycles. The molecule has 4 atom stereocenters. The van der Waals surface area contributed by atoms with Crippen LogP contribution in [0.5, 0.6) is 0 Å². The van der Waals surface area contributed by atoms with Crippen LogP contribution in [-0.4, -0.2) is 17.8 Å². The average Bonchev–Trinajstić information content (AvgIpc) is 2.25. The van der Waals surface area contributed by atoms with Gasteiger partial charge in [0, 0.05) is 0 Å². The van der Waals surface area contributed by atoms with E-state index in [0.717, 1.165) is 11.8 Å². The number of aliphatic hydroxyl groups excluding tert-OH is 1. The van der Waals surface area contributed by atoms with Gasteiger partial charge in [-0.25, -0.2) is 0 Å². The molecule has 4 aliphatic rings. The van der Waals surface area contributed by atoms with Crippen LogP contribution in [0.2, 0.25) is 0 Å². The Morgan fingerprint density at radius 3 is 2.16 bits per heavy atom. The molecule has 4 rings (SSSR count). The Balaban J connectivity index is 1.87. The lowest BCUT2D eigenvalue weighted by molar-refractivity contribution is -0.169. The maximum absolute atomic E-state index is 11.1. The summed E-state index contributed by atoms with van der Waals surface area (Å²) in [7, 11) is 0. The molecule has 0 aromatic heterocycles. The zero-order valence-corrected chi connectivity index (χ0v) is 12.9. The zero-order chi connectivity index (χ0) is 13.8. The summed E-state index contributed by atoms with van der Waals surface area (Å²) < 4.78 is 0. The topological polar surface area (TPSA) is 46.2 Å². The fraction of sp³-hybridized carbons (Fsp3) is 1.00. The Kier molecular flexibility index (Phi) is 3.26. The molecule has 4 fully saturated rings. The number of hydrogen-bond donors (Lipinski definition) is 2. The van der Waals surface area contributed by atoms with Crippen LogP contribution in [0.1, 0.15) is 59.3 Å². The zero-order valence-electron chi connectivity index (χ0n) is 12.9. The van der Waals surface area contributed by atoms with Gasteiger partial charge < -0.3 is 10.8 Å². The number of aliphatic hydroxyl groups is 1. The lowest BCUT2D eigenvalue weighted by Gasteiger charge is -2.63. The molecular formula is C17H31NO. The summed E-state index contributed by atoms with van der Waals surface area (Å²) in [4.78, 5) is 0. The highest BCUT2D eigenvalue weighted by Crippen LogP contribution is 2.66. The molecule has 0 radical (unpaired) electrons. The molecule has 4 bridgehead atoms. The number of rotatable bonds is 4. The van der Waals surface area contributed by atoms with Crippen LogP contribution >= 0.6 is 0 Å². The fourth-order valence-corrected chi connectivity index (χ4v) is 6.36. The van der Waals surface area contributed by atoms with E-state index in [1.54, 1.807) is 0 Å². The van der Waals surface area contributed by atoms with Gasteiger partial charge in [-0.15, -0.1) is 0 Å². The van der Waals surface area contributed by atoms with Crippen LogP contribution in [0.3, 0.4) is 0 Å². The van der Waals surface area contributed by atoms with Gasteiger partial charge in [0.05, 0.1) is 6.10 Å². The highest BCUT2D eigenvalue weighted by Gasteiger charge is 2.59. The first-order valence-electron chi connectivity index (χ1n) is 8.26. The van der Waals surface area contributed by atoms with Gasteiger partial charge in [-0.2, -0.15) is 0 Å². The molecule has 19 heavy (non-hydrogen) atoms. The Morgan fingerprint density at radius 1 is 1.16 bits per heavy atom. The van der Waals surface area contributed by atoms with Crippen molar-refractivity contribution in [3.05, 3.63) is 0 Å². The minimum Gasteiger partial charge on any atom is -0.392 e. The van der Waals surface area contributed by atoms with E-state index in [1.807, 2.05) is 0 Å². The normalized spacial score (nSPS) is 47.7. The van der Waals surface area contributed by atoms with E-state index < -0.39 is 0 Å². The van der Waals surface area contributed by atoms with E-state index in [9.17, 15) is 5.11 Å². The van der Waals surface area contributed by atoms with Crippen molar-refractivity contribution >= 4 is 0 Å². The lowest BCUT2D eigenvalue weighted by atomic mass is 9.42. The van der Waals surface area contributed by atoms with E-state index in [1.165, 1.54) is 38.5 Å². The average molecular weight is 265 g/mol. The molecule has 4 unspecified atom stereocenters. The molecule has 2 heteroatoms. The standard InChI is InChI=1S/C17H31NO/c1-11(2)14(9-18)15(19)17-7-12-4-13(8-17)6-16(3,5-12)10-17/h11-15,19H,4-10,18H2,1-3H3. The fourth-order valence-electron chi connectivity index (χ4n) is 6.36. The van der Waals surface area contributed by atoms with Crippen LogP contribution in [0, 0.1) is 34.5 Å². The van der Waals surface area contributed by atoms with Crippen LogP contribution in [0.4, 0.5) is 0 Å². The molecule has 0 aromatic rings. The van der Waals surface area contributed by atoms with Crippen molar-refractivity contribution in [2.24, 2.45) is 40.2 Å². The third-order valence-corrected chi connectivity index (χ3v) is 6.56. The van der Waals surface area contributed by atoms with Crippen molar-refractivity contribution < 1.29 is 5.11 Å². The molecule has 3 N–H and O–H groups in total. The molecule has 2 nitrogen and oxygen atoms in total. The van der Waals surface area contributed by atoms with Crippen molar-refractivity contribution in [1.29, 1.82) is 0 Å². The van der Waals surface area contributed by atoms with Crippen LogP contribution in [0.25, 0.3) is 0 Å². The number of nitrogens with two attached hydrogens (primary N) is 1. The summed E-state index contributed by atoms with van der Waals surface area (Å²) >= 11 is 0. The molecule has 4 saturated carbocycles. The summed E-state index contributed by atoms with van der Waals surface area (Å²) in [6.07, 6.45) is 7.85. The van der Waals surface area contributed by atoms with Crippen molar-refractivity contribution in [1.82, 2.24) is 0 Å². The third-order valence-electron chi connectivity index (χ3n) is 6.56. The minimum atomic E-state index is -0.178. The van der Waals surface area contributed by atoms with Gasteiger partial charge in [0.15, 0.2) is 0 Å². The molecule has 0 aliphatic heterocycles. The number of hydrogen-bond acceptors (Lipinski definition) is 2. The van der Waals surface area contributed by atoms with E-state index in [0.29, 0.717) is 17.9 Å². The van der Waals surface area contributed by atoms with Crippen LogP contribution < -0.4 is 5.73 Å². The Morgan fingerprint density at radius 2 is 1.74 bits per heavy atom. The van der Waals surface area contributed by atoms with Crippen LogP contribution in [-0.2, 0) is 0 Å². The van der Waals surface area contributed by atoms with E-state index in [-0.39, 0.29) is 17.4 Å². The van der Waals surface area contributed by atoms with Gasteiger partial charge >= 0.3 is 0 Å². The van der Waals surface area contributed by atoms with Gasteiger partial charge in [0.2, 0.25) is 0 Å². The molecule has 0 amide bonds. The molecule has 0 saturated heterocycles. The predicted molar refractivity (Wildman–Crippen MR) is 78.6 cm³/mol.